The number of Topliss-reactive ketones (excluding diaryl/α,β-unsaturated/α-hetero) is 1. The first kappa shape index (κ1) is 53.3. The van der Waals surface area contributed by atoms with Gasteiger partial charge < -0.3 is 25.8 Å². The van der Waals surface area contributed by atoms with Crippen molar-refractivity contribution in [3.8, 4) is 0 Å². The van der Waals surface area contributed by atoms with E-state index in [0.717, 1.165) is 46.5 Å². The van der Waals surface area contributed by atoms with Crippen LogP contribution in [0, 0.1) is 11.8 Å². The van der Waals surface area contributed by atoms with Gasteiger partial charge in [0.1, 0.15) is 6.04 Å². The molecule has 0 spiro atoms. The van der Waals surface area contributed by atoms with Gasteiger partial charge in [-0.15, -0.1) is 0 Å². The van der Waals surface area contributed by atoms with Crippen LogP contribution >= 0.6 is 11.8 Å². The molecule has 1 saturated heterocycles. The van der Waals surface area contributed by atoms with E-state index in [1.54, 1.807) is 6.20 Å². The van der Waals surface area contributed by atoms with Crippen molar-refractivity contribution < 1.29 is 24.6 Å². The van der Waals surface area contributed by atoms with E-state index < -0.39 is 35.7 Å². The summed E-state index contributed by atoms with van der Waals surface area (Å²) in [6.07, 6.45) is 11.2. The zero-order valence-corrected chi connectivity index (χ0v) is 42.7. The molecule has 2 aliphatic carbocycles. The fraction of sp³-hybridized carbons (Fsp3) is 0.474. The Balaban J connectivity index is 0.000000241. The second-order valence-corrected chi connectivity index (χ2v) is 21.5. The number of hydrogen-bond acceptors (Lipinski definition) is 11. The largest absolute Gasteiger partial charge is 0.392 e. The van der Waals surface area contributed by atoms with Crippen LogP contribution in [-0.4, -0.2) is 108 Å². The maximum Gasteiger partial charge on any atom is 0.254 e. The molecule has 14 heteroatoms. The Morgan fingerprint density at radius 1 is 0.901 bits per heavy atom. The van der Waals surface area contributed by atoms with Crippen molar-refractivity contribution in [2.75, 3.05) is 31.9 Å². The van der Waals surface area contributed by atoms with E-state index in [0.29, 0.717) is 55.5 Å². The lowest BCUT2D eigenvalue weighted by Gasteiger charge is -2.42. The number of thioether (sulfide) groups is 1. The number of ketones is 1. The second-order valence-electron chi connectivity index (χ2n) is 20.5. The number of aliphatic hydroxyl groups is 2. The molecule has 3 aliphatic rings. The number of H-pyrrole nitrogens is 1. The number of aromatic amines is 1. The maximum atomic E-state index is 13.8. The fourth-order valence-electron chi connectivity index (χ4n) is 10.2. The minimum Gasteiger partial charge on any atom is -0.392 e. The average Bonchev–Trinajstić information content (AvgIpc) is 3.68. The Labute approximate surface area is 423 Å². The number of pyridine rings is 1. The highest BCUT2D eigenvalue weighted by Gasteiger charge is 2.37. The van der Waals surface area contributed by atoms with E-state index in [-0.39, 0.29) is 41.9 Å². The number of benzene rings is 3. The van der Waals surface area contributed by atoms with Crippen LogP contribution in [0.25, 0.3) is 0 Å². The molecule has 0 bridgehead atoms. The molecular weight excluding hydrogens is 911 g/mol. The van der Waals surface area contributed by atoms with Crippen molar-refractivity contribution in [2.24, 2.45) is 11.8 Å². The molecule has 8 rings (SSSR count). The third-order valence-electron chi connectivity index (χ3n) is 13.8. The highest BCUT2D eigenvalue weighted by molar-refractivity contribution is 7.99. The van der Waals surface area contributed by atoms with Gasteiger partial charge in [0.15, 0.2) is 10.9 Å². The molecule has 2 fully saturated rings. The Kier molecular flexibility index (Phi) is 19.3. The summed E-state index contributed by atoms with van der Waals surface area (Å²) in [5, 5.41) is 29.1. The Hall–Kier alpha value is -5.51. The standard InChI is InChI=1S/C36H47N5O4.C21H26N2O2S/c1-36(2,3)39-35(45)31-24-40(22-26-12-9-15-37-21-26)16-17-41(31)23-29(42)19-28(18-25-10-5-4-6-11-25)34(44)38-33-30-14-8-7-13-27(30)20-32(33)43;1-2-17-18(13-15-9-5-3-6-10-15)22-21(23-20(17)25)26-14-19(24)16-11-7-4-8-12-16/h4-15,21,28-29,31-33,42-43H,16-20,22-24H2,1-3H3,(H,38,44)(H,39,45);4,7-8,11-12,15H,2-3,5-6,9-10,13-14H2,1H3,(H,22,23,25)/t28-,29+,31+,32-,33+;/m1./s1. The van der Waals surface area contributed by atoms with E-state index >= 15 is 0 Å². The molecule has 2 aromatic heterocycles. The summed E-state index contributed by atoms with van der Waals surface area (Å²) in [6, 6.07) is 29.9. The van der Waals surface area contributed by atoms with Crippen LogP contribution in [0.5, 0.6) is 0 Å². The number of carbonyl (C=O) groups excluding carboxylic acids is 3. The summed E-state index contributed by atoms with van der Waals surface area (Å²) in [6.45, 7) is 10.7. The summed E-state index contributed by atoms with van der Waals surface area (Å²) in [5.74, 6) is 0.177. The van der Waals surface area contributed by atoms with Crippen molar-refractivity contribution in [1.29, 1.82) is 0 Å². The molecule has 13 nitrogen and oxygen atoms in total. The van der Waals surface area contributed by atoms with E-state index in [2.05, 4.69) is 30.4 Å². The zero-order chi connectivity index (χ0) is 50.3. The number of amides is 2. The van der Waals surface area contributed by atoms with Crippen molar-refractivity contribution in [1.82, 2.24) is 35.4 Å². The summed E-state index contributed by atoms with van der Waals surface area (Å²) in [7, 11) is 0. The minimum absolute atomic E-state index is 0.0478. The number of aromatic nitrogens is 3. The van der Waals surface area contributed by atoms with Crippen LogP contribution < -0.4 is 16.2 Å². The molecule has 3 aromatic carbocycles. The number of aliphatic hydroxyl groups excluding tert-OH is 2. The molecule has 1 saturated carbocycles. The van der Waals surface area contributed by atoms with Crippen LogP contribution in [-0.2, 0) is 41.8 Å². The molecule has 5 N–H and O–H groups in total. The monoisotopic (exact) mass is 984 g/mol. The van der Waals surface area contributed by atoms with Crippen molar-refractivity contribution in [3.63, 3.8) is 0 Å². The van der Waals surface area contributed by atoms with Gasteiger partial charge in [-0.2, -0.15) is 0 Å². The molecule has 1 aliphatic heterocycles. The van der Waals surface area contributed by atoms with E-state index in [1.165, 1.54) is 43.9 Å². The molecule has 0 radical (unpaired) electrons. The average molecular weight is 984 g/mol. The number of hydrogen-bond donors (Lipinski definition) is 5. The summed E-state index contributed by atoms with van der Waals surface area (Å²) >= 11 is 1.32. The van der Waals surface area contributed by atoms with Crippen molar-refractivity contribution in [3.05, 3.63) is 159 Å². The van der Waals surface area contributed by atoms with Gasteiger partial charge in [0.25, 0.3) is 5.56 Å². The Bertz CT molecular complexity index is 2550. The van der Waals surface area contributed by atoms with Crippen LogP contribution in [0.3, 0.4) is 0 Å². The normalized spacial score (nSPS) is 19.4. The van der Waals surface area contributed by atoms with Gasteiger partial charge >= 0.3 is 0 Å². The van der Waals surface area contributed by atoms with E-state index in [1.807, 2.05) is 131 Å². The molecule has 378 valence electrons. The second kappa shape index (κ2) is 25.7. The van der Waals surface area contributed by atoms with Gasteiger partial charge in [0.05, 0.1) is 29.7 Å². The fourth-order valence-corrected chi connectivity index (χ4v) is 11.0. The molecular formula is C57H73N7O6S. The van der Waals surface area contributed by atoms with Gasteiger partial charge in [-0.05, 0) is 80.7 Å². The smallest absolute Gasteiger partial charge is 0.254 e. The molecule has 0 unspecified atom stereocenters. The Morgan fingerprint density at radius 2 is 1.61 bits per heavy atom. The topological polar surface area (TPSA) is 181 Å². The zero-order valence-electron chi connectivity index (χ0n) is 41.9. The predicted octanol–water partition coefficient (Wildman–Crippen LogP) is 7.30. The van der Waals surface area contributed by atoms with Crippen LogP contribution in [0.1, 0.15) is 116 Å². The molecule has 2 amide bonds. The number of β-amino-alcohol motifs (C(OH)–C–C–N with tert-alkyl or cyclic N) is 1. The predicted molar refractivity (Wildman–Crippen MR) is 280 cm³/mol. The SMILES string of the molecule is CC(C)(C)NC(=O)[C@@H]1CN(Cc2cccnc2)CCN1C[C@@H](O)C[C@@H](Cc1ccccc1)C(=O)N[C@H]1c2ccccc2C[C@H]1O.CCc1c(CC2CCCCC2)nc(SCC(=O)c2ccccc2)[nH]c1=O. The first-order chi connectivity index (χ1) is 34.2. The maximum absolute atomic E-state index is 13.8. The lowest BCUT2D eigenvalue weighted by Crippen LogP contribution is -2.61. The van der Waals surface area contributed by atoms with Crippen LogP contribution in [0.15, 0.2) is 119 Å². The number of fused-ring (bicyclic) bond motifs is 1. The molecule has 71 heavy (non-hydrogen) atoms. The number of nitrogens with zero attached hydrogens (tertiary/aromatic N) is 4. The molecule has 5 atom stereocenters. The van der Waals surface area contributed by atoms with Gasteiger partial charge in [0.2, 0.25) is 11.8 Å². The quantitative estimate of drug-likeness (QED) is 0.0338. The minimum atomic E-state index is -0.833. The van der Waals surface area contributed by atoms with E-state index in [4.69, 9.17) is 4.98 Å². The molecule has 5 aromatic rings. The highest BCUT2D eigenvalue weighted by atomic mass is 32.2. The van der Waals surface area contributed by atoms with Gasteiger partial charge in [-0.25, -0.2) is 4.98 Å². The van der Waals surface area contributed by atoms with Crippen molar-refractivity contribution in [2.45, 2.75) is 133 Å². The number of piperazine rings is 1. The summed E-state index contributed by atoms with van der Waals surface area (Å²) < 4.78 is 0. The van der Waals surface area contributed by atoms with Crippen LogP contribution in [0.4, 0.5) is 0 Å². The third kappa shape index (κ3) is 15.7. The summed E-state index contributed by atoms with van der Waals surface area (Å²) in [4.78, 5) is 68.2. The van der Waals surface area contributed by atoms with Gasteiger partial charge in [-0.1, -0.05) is 142 Å². The van der Waals surface area contributed by atoms with Crippen LogP contribution in [0.2, 0.25) is 0 Å². The number of rotatable bonds is 18. The third-order valence-corrected chi connectivity index (χ3v) is 14.7. The number of nitrogens with one attached hydrogen (secondary N) is 3. The lowest BCUT2D eigenvalue weighted by atomic mass is 9.85. The van der Waals surface area contributed by atoms with Crippen molar-refractivity contribution >= 4 is 29.4 Å². The van der Waals surface area contributed by atoms with E-state index in [9.17, 15) is 29.4 Å². The summed E-state index contributed by atoms with van der Waals surface area (Å²) in [5.41, 5.74) is 6.04. The first-order valence-corrected chi connectivity index (χ1v) is 26.5. The Morgan fingerprint density at radius 3 is 2.31 bits per heavy atom. The highest BCUT2D eigenvalue weighted by Crippen LogP contribution is 2.32. The van der Waals surface area contributed by atoms with Gasteiger partial charge in [0, 0.05) is 74.1 Å². The van der Waals surface area contributed by atoms with Gasteiger partial charge in [-0.3, -0.25) is 34.0 Å². The molecule has 3 heterocycles. The first-order valence-electron chi connectivity index (χ1n) is 25.5. The number of carbonyl (C=O) groups is 3. The lowest BCUT2D eigenvalue weighted by molar-refractivity contribution is -0.132.